The molecule has 0 aromatic heterocycles. The summed E-state index contributed by atoms with van der Waals surface area (Å²) in [6.45, 7) is 1.96. The highest BCUT2D eigenvalue weighted by molar-refractivity contribution is 7.92. The number of hydrogen-bond acceptors (Lipinski definition) is 2. The first-order valence-corrected chi connectivity index (χ1v) is 6.57. The number of benzene rings is 1. The van der Waals surface area contributed by atoms with Crippen molar-refractivity contribution in [3.05, 3.63) is 29.6 Å². The summed E-state index contributed by atoms with van der Waals surface area (Å²) in [4.78, 5) is 0. The molecule has 0 aliphatic carbocycles. The first-order chi connectivity index (χ1) is 6.92. The number of hydrogen-bond donors (Lipinski definition) is 1. The van der Waals surface area contributed by atoms with Crippen LogP contribution in [0.5, 0.6) is 0 Å². The Kier molecular flexibility index (Phi) is 3.68. The molecule has 0 aliphatic heterocycles. The van der Waals surface area contributed by atoms with Crippen LogP contribution in [0.4, 0.5) is 10.1 Å². The van der Waals surface area contributed by atoms with Crippen molar-refractivity contribution in [3.63, 3.8) is 0 Å². The first kappa shape index (κ1) is 12.0. The summed E-state index contributed by atoms with van der Waals surface area (Å²) >= 11 is 0. The second kappa shape index (κ2) is 4.61. The Morgan fingerprint density at radius 3 is 2.53 bits per heavy atom. The Bertz CT molecular complexity index is 443. The van der Waals surface area contributed by atoms with Crippen molar-refractivity contribution in [2.75, 3.05) is 11.0 Å². The third-order valence-corrected chi connectivity index (χ3v) is 2.48. The van der Waals surface area contributed by atoms with Crippen LogP contribution in [0.3, 0.4) is 0 Å². The molecule has 0 spiro atoms. The van der Waals surface area contributed by atoms with Gasteiger partial charge in [-0.05, 0) is 24.1 Å². The van der Waals surface area contributed by atoms with Gasteiger partial charge in [0, 0.05) is 0 Å². The van der Waals surface area contributed by atoms with Gasteiger partial charge in [0.1, 0.15) is 5.82 Å². The molecule has 3 nitrogen and oxygen atoms in total. The van der Waals surface area contributed by atoms with Crippen molar-refractivity contribution in [3.8, 4) is 0 Å². The van der Waals surface area contributed by atoms with E-state index < -0.39 is 10.0 Å². The number of aryl methyl sites for hydroxylation is 1. The van der Waals surface area contributed by atoms with Gasteiger partial charge in [-0.2, -0.15) is 0 Å². The van der Waals surface area contributed by atoms with Crippen LogP contribution in [0.2, 0.25) is 0 Å². The highest BCUT2D eigenvalue weighted by Crippen LogP contribution is 2.16. The van der Waals surface area contributed by atoms with E-state index >= 15 is 0 Å². The van der Waals surface area contributed by atoms with Gasteiger partial charge in [-0.25, -0.2) is 12.8 Å². The van der Waals surface area contributed by atoms with Crippen molar-refractivity contribution in [2.45, 2.75) is 19.8 Å². The van der Waals surface area contributed by atoms with Crippen LogP contribution in [0.1, 0.15) is 18.9 Å². The van der Waals surface area contributed by atoms with Crippen LogP contribution >= 0.6 is 0 Å². The zero-order chi connectivity index (χ0) is 11.5. The van der Waals surface area contributed by atoms with Gasteiger partial charge in [0.15, 0.2) is 0 Å². The predicted molar refractivity (Wildman–Crippen MR) is 58.9 cm³/mol. The molecule has 0 unspecified atom stereocenters. The molecule has 0 radical (unpaired) electrons. The van der Waals surface area contributed by atoms with Crippen LogP contribution in [-0.4, -0.2) is 14.7 Å². The molecule has 0 heterocycles. The van der Waals surface area contributed by atoms with Crippen LogP contribution < -0.4 is 4.72 Å². The Hall–Kier alpha value is -1.10. The maximum absolute atomic E-state index is 13.4. The molecule has 5 heteroatoms. The first-order valence-electron chi connectivity index (χ1n) is 4.68. The maximum atomic E-state index is 13.4. The normalized spacial score (nSPS) is 11.4. The third-order valence-electron chi connectivity index (χ3n) is 1.88. The summed E-state index contributed by atoms with van der Waals surface area (Å²) in [6.07, 6.45) is 2.55. The zero-order valence-electron chi connectivity index (χ0n) is 8.75. The molecule has 15 heavy (non-hydrogen) atoms. The molecule has 1 aromatic rings. The molecular formula is C10H14FNO2S. The lowest BCUT2D eigenvalue weighted by Gasteiger charge is -2.06. The summed E-state index contributed by atoms with van der Waals surface area (Å²) in [5, 5.41) is 0. The Labute approximate surface area is 89.4 Å². The zero-order valence-corrected chi connectivity index (χ0v) is 9.57. The minimum Gasteiger partial charge on any atom is -0.284 e. The molecule has 0 atom stereocenters. The van der Waals surface area contributed by atoms with Gasteiger partial charge in [0.25, 0.3) is 0 Å². The Morgan fingerprint density at radius 1 is 1.40 bits per heavy atom. The van der Waals surface area contributed by atoms with E-state index in [1.54, 1.807) is 12.1 Å². The summed E-state index contributed by atoms with van der Waals surface area (Å²) in [5.41, 5.74) is 0.867. The van der Waals surface area contributed by atoms with Gasteiger partial charge in [-0.1, -0.05) is 19.4 Å². The molecule has 0 fully saturated rings. The monoisotopic (exact) mass is 231 g/mol. The quantitative estimate of drug-likeness (QED) is 0.863. The van der Waals surface area contributed by atoms with Gasteiger partial charge >= 0.3 is 0 Å². The van der Waals surface area contributed by atoms with Crippen molar-refractivity contribution < 1.29 is 12.8 Å². The number of halogens is 1. The highest BCUT2D eigenvalue weighted by atomic mass is 32.2. The highest BCUT2D eigenvalue weighted by Gasteiger charge is 2.05. The summed E-state index contributed by atoms with van der Waals surface area (Å²) in [6, 6.07) is 4.37. The van der Waals surface area contributed by atoms with Crippen molar-refractivity contribution in [1.82, 2.24) is 0 Å². The molecular weight excluding hydrogens is 217 g/mol. The fourth-order valence-corrected chi connectivity index (χ4v) is 1.85. The number of nitrogens with one attached hydrogen (secondary N) is 1. The summed E-state index contributed by atoms with van der Waals surface area (Å²) in [5.74, 6) is -0.370. The molecule has 0 aliphatic rings. The molecule has 0 saturated heterocycles. The van der Waals surface area contributed by atoms with Gasteiger partial charge in [0.05, 0.1) is 11.9 Å². The van der Waals surface area contributed by atoms with E-state index in [1.807, 2.05) is 6.92 Å². The topological polar surface area (TPSA) is 46.2 Å². The molecule has 0 saturated carbocycles. The predicted octanol–water partition coefficient (Wildman–Crippen LogP) is 2.15. The second-order valence-electron chi connectivity index (χ2n) is 3.43. The standard InChI is InChI=1S/C10H14FNO2S/c1-3-4-8-5-6-9(7-10(8)11)12-15(2,13)14/h5-7,12H,3-4H2,1-2H3. The molecule has 0 amide bonds. The van der Waals surface area contributed by atoms with Gasteiger partial charge in [-0.3, -0.25) is 4.72 Å². The fraction of sp³-hybridized carbons (Fsp3) is 0.400. The molecule has 1 rings (SSSR count). The smallest absolute Gasteiger partial charge is 0.229 e. The van der Waals surface area contributed by atoms with E-state index in [-0.39, 0.29) is 11.5 Å². The van der Waals surface area contributed by atoms with E-state index in [0.717, 1.165) is 12.7 Å². The van der Waals surface area contributed by atoms with Crippen molar-refractivity contribution in [2.24, 2.45) is 0 Å². The fourth-order valence-electron chi connectivity index (χ4n) is 1.30. The van der Waals surface area contributed by atoms with E-state index in [2.05, 4.69) is 4.72 Å². The molecule has 84 valence electrons. The minimum absolute atomic E-state index is 0.259. The number of sulfonamides is 1. The molecule has 0 bridgehead atoms. The van der Waals surface area contributed by atoms with E-state index in [1.165, 1.54) is 6.07 Å². The average molecular weight is 231 g/mol. The van der Waals surface area contributed by atoms with Gasteiger partial charge < -0.3 is 0 Å². The lowest BCUT2D eigenvalue weighted by Crippen LogP contribution is -2.09. The van der Waals surface area contributed by atoms with E-state index in [0.29, 0.717) is 12.0 Å². The van der Waals surface area contributed by atoms with Gasteiger partial charge in [0.2, 0.25) is 10.0 Å². The third kappa shape index (κ3) is 3.87. The SMILES string of the molecule is CCCc1ccc(NS(C)(=O)=O)cc1F. The average Bonchev–Trinajstić information content (AvgIpc) is 2.07. The van der Waals surface area contributed by atoms with Crippen LogP contribution in [0, 0.1) is 5.82 Å². The Balaban J connectivity index is 2.91. The second-order valence-corrected chi connectivity index (χ2v) is 5.18. The molecule has 1 aromatic carbocycles. The number of anilines is 1. The summed E-state index contributed by atoms with van der Waals surface area (Å²) in [7, 11) is -3.34. The van der Waals surface area contributed by atoms with Crippen LogP contribution in [0.25, 0.3) is 0 Å². The van der Waals surface area contributed by atoms with E-state index in [4.69, 9.17) is 0 Å². The maximum Gasteiger partial charge on any atom is 0.229 e. The largest absolute Gasteiger partial charge is 0.284 e. The molecule has 1 N–H and O–H groups in total. The minimum atomic E-state index is -3.34. The van der Waals surface area contributed by atoms with E-state index in [9.17, 15) is 12.8 Å². The van der Waals surface area contributed by atoms with Crippen molar-refractivity contribution >= 4 is 15.7 Å². The lowest BCUT2D eigenvalue weighted by atomic mass is 10.1. The number of rotatable bonds is 4. The van der Waals surface area contributed by atoms with Crippen LogP contribution in [-0.2, 0) is 16.4 Å². The Morgan fingerprint density at radius 2 is 2.07 bits per heavy atom. The summed E-state index contributed by atoms with van der Waals surface area (Å²) < 4.78 is 37.4. The van der Waals surface area contributed by atoms with Crippen molar-refractivity contribution in [1.29, 1.82) is 0 Å². The van der Waals surface area contributed by atoms with Crippen LogP contribution in [0.15, 0.2) is 18.2 Å². The van der Waals surface area contributed by atoms with Gasteiger partial charge in [-0.15, -0.1) is 0 Å². The lowest BCUT2D eigenvalue weighted by molar-refractivity contribution is 0.605.